The molecule has 0 bridgehead atoms. The molecule has 2 atom stereocenters. The minimum atomic E-state index is -5.71. The topological polar surface area (TPSA) is 126 Å². The number of nitrogens with one attached hydrogen (secondary N) is 1. The molecule has 0 amide bonds. The predicted molar refractivity (Wildman–Crippen MR) is 134 cm³/mol. The molecule has 1 N–H and O–H groups in total. The van der Waals surface area contributed by atoms with Crippen LogP contribution in [0.25, 0.3) is 0 Å². The van der Waals surface area contributed by atoms with Gasteiger partial charge >= 0.3 is 21.5 Å². The fraction of sp³-hybridized carbons (Fsp3) is 0.591. The molecular formula is C22H29F3N6O4S2. The Morgan fingerprint density at radius 3 is 2.68 bits per heavy atom. The van der Waals surface area contributed by atoms with Crippen LogP contribution in [-0.4, -0.2) is 48.8 Å². The number of hydrogen-bond acceptors (Lipinski definition) is 10. The number of alkyl halides is 3. The standard InChI is InChI=1S/C22H29F3N6O4S2/c1-5-7-10-31-13(3)8-9-15-11-16(17(12-18(15)31)30-37(33,34)22(23,24)25)26-28-21-29-27-19(36-21)20(32)35-14(4)6-2/h11-14,30H,5-10H2,1-4H3. The number of hydrogen-bond donors (Lipinski definition) is 1. The summed E-state index contributed by atoms with van der Waals surface area (Å²) in [5.74, 6) is -0.679. The summed E-state index contributed by atoms with van der Waals surface area (Å²) in [6.45, 7) is 8.31. The van der Waals surface area contributed by atoms with Gasteiger partial charge < -0.3 is 9.64 Å². The lowest BCUT2D eigenvalue weighted by molar-refractivity contribution is -0.0429. The van der Waals surface area contributed by atoms with Crippen LogP contribution in [0.3, 0.4) is 0 Å². The van der Waals surface area contributed by atoms with Crippen LogP contribution >= 0.6 is 11.3 Å². The Bertz CT molecular complexity index is 1250. The number of ether oxygens (including phenoxy) is 1. The van der Waals surface area contributed by atoms with Crippen LogP contribution in [0.5, 0.6) is 0 Å². The quantitative estimate of drug-likeness (QED) is 0.273. The van der Waals surface area contributed by atoms with Gasteiger partial charge in [-0.25, -0.2) is 4.79 Å². The first-order valence-electron chi connectivity index (χ1n) is 11.8. The number of unbranched alkanes of at least 4 members (excludes halogenated alkanes) is 1. The minimum Gasteiger partial charge on any atom is -0.457 e. The predicted octanol–water partition coefficient (Wildman–Crippen LogP) is 6.11. The molecule has 15 heteroatoms. The molecular weight excluding hydrogens is 533 g/mol. The molecule has 0 aliphatic carbocycles. The van der Waals surface area contributed by atoms with E-state index in [1.54, 1.807) is 11.6 Å². The largest absolute Gasteiger partial charge is 0.516 e. The summed E-state index contributed by atoms with van der Waals surface area (Å²) in [6, 6.07) is 3.03. The van der Waals surface area contributed by atoms with Crippen LogP contribution in [0.15, 0.2) is 22.4 Å². The lowest BCUT2D eigenvalue weighted by Crippen LogP contribution is -2.38. The van der Waals surface area contributed by atoms with Gasteiger partial charge in [0.2, 0.25) is 5.01 Å². The summed E-state index contributed by atoms with van der Waals surface area (Å²) in [4.78, 5) is 14.2. The van der Waals surface area contributed by atoms with Gasteiger partial charge in [-0.05, 0) is 57.2 Å². The van der Waals surface area contributed by atoms with Crippen molar-refractivity contribution >= 4 is 49.5 Å². The van der Waals surface area contributed by atoms with Crippen molar-refractivity contribution in [1.29, 1.82) is 0 Å². The van der Waals surface area contributed by atoms with E-state index in [1.807, 2.05) is 20.8 Å². The summed E-state index contributed by atoms with van der Waals surface area (Å²) < 4.78 is 70.2. The molecule has 3 rings (SSSR count). The molecule has 37 heavy (non-hydrogen) atoms. The smallest absolute Gasteiger partial charge is 0.457 e. The summed E-state index contributed by atoms with van der Waals surface area (Å²) in [5, 5.41) is 15.2. The normalized spacial score (nSPS) is 17.1. The van der Waals surface area contributed by atoms with Gasteiger partial charge in [-0.3, -0.25) is 4.72 Å². The number of benzene rings is 1. The van der Waals surface area contributed by atoms with Gasteiger partial charge in [-0.15, -0.1) is 20.4 Å². The maximum absolute atomic E-state index is 13.2. The zero-order valence-corrected chi connectivity index (χ0v) is 22.5. The van der Waals surface area contributed by atoms with E-state index in [-0.39, 0.29) is 33.7 Å². The number of aryl methyl sites for hydroxylation is 1. The van der Waals surface area contributed by atoms with E-state index in [9.17, 15) is 26.4 Å². The van der Waals surface area contributed by atoms with Crippen molar-refractivity contribution in [3.63, 3.8) is 0 Å². The molecule has 1 aromatic carbocycles. The average molecular weight is 563 g/mol. The Morgan fingerprint density at radius 2 is 2.03 bits per heavy atom. The first-order valence-corrected chi connectivity index (χ1v) is 14.1. The monoisotopic (exact) mass is 562 g/mol. The highest BCUT2D eigenvalue weighted by atomic mass is 32.2. The summed E-state index contributed by atoms with van der Waals surface area (Å²) in [6.07, 6.45) is 3.54. The van der Waals surface area contributed by atoms with E-state index in [2.05, 4.69) is 25.3 Å². The highest BCUT2D eigenvalue weighted by Gasteiger charge is 2.46. The lowest BCUT2D eigenvalue weighted by Gasteiger charge is -2.37. The number of aromatic nitrogens is 2. The second-order valence-corrected chi connectivity index (χ2v) is 11.3. The van der Waals surface area contributed by atoms with Crippen LogP contribution in [0, 0.1) is 0 Å². The van der Waals surface area contributed by atoms with Crippen molar-refractivity contribution in [2.75, 3.05) is 16.2 Å². The summed E-state index contributed by atoms with van der Waals surface area (Å²) in [7, 11) is -5.71. The zero-order valence-electron chi connectivity index (χ0n) is 20.9. The second-order valence-electron chi connectivity index (χ2n) is 8.70. The zero-order chi connectivity index (χ0) is 27.4. The van der Waals surface area contributed by atoms with Crippen molar-refractivity contribution in [2.45, 2.75) is 77.5 Å². The first kappa shape index (κ1) is 28.8. The number of fused-ring (bicyclic) bond motifs is 1. The van der Waals surface area contributed by atoms with Crippen molar-refractivity contribution in [1.82, 2.24) is 10.2 Å². The maximum atomic E-state index is 13.2. The minimum absolute atomic E-state index is 0.0448. The van der Waals surface area contributed by atoms with Crippen LogP contribution < -0.4 is 9.62 Å². The van der Waals surface area contributed by atoms with E-state index < -0.39 is 21.5 Å². The Balaban J connectivity index is 1.99. The van der Waals surface area contributed by atoms with E-state index in [0.29, 0.717) is 25.1 Å². The number of nitrogens with zero attached hydrogens (tertiary/aromatic N) is 5. The van der Waals surface area contributed by atoms with Crippen molar-refractivity contribution < 1.29 is 31.1 Å². The van der Waals surface area contributed by atoms with Crippen molar-refractivity contribution in [3.8, 4) is 0 Å². The number of anilines is 2. The SMILES string of the molecule is CCCCN1c2cc(NS(=O)(=O)C(F)(F)F)c(N=Nc3nnc(C(=O)OC(C)CC)s3)cc2CCC1C. The van der Waals surface area contributed by atoms with E-state index in [4.69, 9.17) is 4.74 Å². The molecule has 0 radical (unpaired) electrons. The number of esters is 1. The number of azo groups is 1. The molecule has 0 spiro atoms. The Labute approximate surface area is 217 Å². The molecule has 0 fully saturated rings. The molecule has 1 aliphatic heterocycles. The number of sulfonamides is 1. The van der Waals surface area contributed by atoms with Crippen LogP contribution in [0.1, 0.15) is 68.7 Å². The molecule has 0 saturated carbocycles. The lowest BCUT2D eigenvalue weighted by atomic mass is 9.95. The van der Waals surface area contributed by atoms with E-state index in [0.717, 1.165) is 36.2 Å². The van der Waals surface area contributed by atoms with Crippen LogP contribution in [0.4, 0.5) is 35.4 Å². The summed E-state index contributed by atoms with van der Waals surface area (Å²) >= 11 is 0.790. The first-order chi connectivity index (χ1) is 17.4. The highest BCUT2D eigenvalue weighted by Crippen LogP contribution is 2.41. The van der Waals surface area contributed by atoms with Crippen molar-refractivity contribution in [2.24, 2.45) is 10.2 Å². The van der Waals surface area contributed by atoms with Gasteiger partial charge in [0.1, 0.15) is 5.69 Å². The molecule has 2 unspecified atom stereocenters. The Kier molecular flexibility index (Phi) is 9.10. The highest BCUT2D eigenvalue weighted by molar-refractivity contribution is 7.93. The fourth-order valence-electron chi connectivity index (χ4n) is 3.63. The Hall–Kier alpha value is -2.81. The number of rotatable bonds is 10. The summed E-state index contributed by atoms with van der Waals surface area (Å²) in [5.41, 5.74) is -4.53. The molecule has 10 nitrogen and oxygen atoms in total. The van der Waals surface area contributed by atoms with Gasteiger partial charge in [-0.1, -0.05) is 31.6 Å². The van der Waals surface area contributed by atoms with Gasteiger partial charge in [-0.2, -0.15) is 21.6 Å². The maximum Gasteiger partial charge on any atom is 0.516 e. The molecule has 2 heterocycles. The van der Waals surface area contributed by atoms with E-state index in [1.165, 1.54) is 12.1 Å². The van der Waals surface area contributed by atoms with Gasteiger partial charge in [0.25, 0.3) is 5.13 Å². The van der Waals surface area contributed by atoms with Gasteiger partial charge in [0.05, 0.1) is 11.8 Å². The molecule has 1 aromatic heterocycles. The van der Waals surface area contributed by atoms with Crippen LogP contribution in [0.2, 0.25) is 0 Å². The van der Waals surface area contributed by atoms with Crippen LogP contribution in [-0.2, 0) is 21.2 Å². The third-order valence-electron chi connectivity index (χ3n) is 5.89. The number of halogens is 3. The number of carbonyl (C=O) groups excluding carboxylic acids is 1. The third kappa shape index (κ3) is 6.94. The Morgan fingerprint density at radius 1 is 1.30 bits per heavy atom. The third-order valence-corrected chi connectivity index (χ3v) is 7.77. The molecule has 0 saturated heterocycles. The molecule has 204 valence electrons. The fourth-order valence-corrected chi connectivity index (χ4v) is 4.75. The van der Waals surface area contributed by atoms with Gasteiger partial charge in [0.15, 0.2) is 0 Å². The number of carbonyl (C=O) groups is 1. The average Bonchev–Trinajstić information content (AvgIpc) is 3.30. The van der Waals surface area contributed by atoms with Crippen molar-refractivity contribution in [3.05, 3.63) is 22.7 Å². The second kappa shape index (κ2) is 11.7. The van der Waals surface area contributed by atoms with Gasteiger partial charge in [0, 0.05) is 18.3 Å². The molecule has 2 aromatic rings. The molecule has 1 aliphatic rings. The van der Waals surface area contributed by atoms with E-state index >= 15 is 0 Å².